The van der Waals surface area contributed by atoms with Gasteiger partial charge in [0.05, 0.1) is 22.9 Å². The predicted molar refractivity (Wildman–Crippen MR) is 103 cm³/mol. The van der Waals surface area contributed by atoms with Crippen LogP contribution in [0.2, 0.25) is 0 Å². The fourth-order valence-electron chi connectivity index (χ4n) is 3.22. The number of anilines is 1. The van der Waals surface area contributed by atoms with Crippen molar-refractivity contribution >= 4 is 17.6 Å². The number of carbonyl (C=O) groups excluding carboxylic acids is 2. The Morgan fingerprint density at radius 3 is 2.27 bits per heavy atom. The molecule has 30 heavy (non-hydrogen) atoms. The van der Waals surface area contributed by atoms with E-state index in [0.29, 0.717) is 22.1 Å². The van der Waals surface area contributed by atoms with Gasteiger partial charge in [0.25, 0.3) is 5.91 Å². The largest absolute Gasteiger partial charge is 0.417 e. The maximum Gasteiger partial charge on any atom is 0.417 e. The van der Waals surface area contributed by atoms with Crippen LogP contribution in [-0.2, 0) is 17.5 Å². The highest BCUT2D eigenvalue weighted by atomic mass is 19.4. The van der Waals surface area contributed by atoms with Gasteiger partial charge in [-0.3, -0.25) is 4.79 Å². The molecule has 1 aliphatic heterocycles. The number of urea groups is 1. The number of benzene rings is 2. The second-order valence-corrected chi connectivity index (χ2v) is 7.25. The maximum absolute atomic E-state index is 13.3. The van der Waals surface area contributed by atoms with Crippen molar-refractivity contribution in [1.29, 1.82) is 5.26 Å². The van der Waals surface area contributed by atoms with E-state index in [9.17, 15) is 22.8 Å². The molecule has 3 rings (SSSR count). The first kappa shape index (κ1) is 20.9. The molecule has 0 spiro atoms. The molecule has 1 fully saturated rings. The van der Waals surface area contributed by atoms with Crippen LogP contribution in [0.5, 0.6) is 0 Å². The molecule has 5 nitrogen and oxygen atoms in total. The van der Waals surface area contributed by atoms with Crippen molar-refractivity contribution in [2.24, 2.45) is 0 Å². The van der Waals surface area contributed by atoms with Gasteiger partial charge in [-0.1, -0.05) is 18.1 Å². The average Bonchev–Trinajstić information content (AvgIpc) is 2.87. The van der Waals surface area contributed by atoms with E-state index >= 15 is 0 Å². The Kier molecular flexibility index (Phi) is 5.05. The van der Waals surface area contributed by atoms with Gasteiger partial charge in [0.15, 0.2) is 0 Å². The number of carbonyl (C=O) groups is 2. The van der Waals surface area contributed by atoms with Crippen molar-refractivity contribution in [2.45, 2.75) is 32.1 Å². The monoisotopic (exact) mass is 411 g/mol. The van der Waals surface area contributed by atoms with Gasteiger partial charge >= 0.3 is 12.2 Å². The number of imide groups is 1. The summed E-state index contributed by atoms with van der Waals surface area (Å²) in [5, 5.41) is 8.95. The Morgan fingerprint density at radius 1 is 1.10 bits per heavy atom. The van der Waals surface area contributed by atoms with Crippen molar-refractivity contribution in [3.63, 3.8) is 0 Å². The smallest absolute Gasteiger partial charge is 0.305 e. The molecule has 8 heteroatoms. The molecule has 152 valence electrons. The molecule has 1 saturated heterocycles. The van der Waals surface area contributed by atoms with Gasteiger partial charge in [-0.2, -0.15) is 18.4 Å². The number of alkyl halides is 3. The fraction of sp³-hybridized carbons (Fsp3) is 0.227. The molecule has 2 aromatic rings. The number of hydrogen-bond acceptors (Lipinski definition) is 3. The van der Waals surface area contributed by atoms with Gasteiger partial charge in [-0.15, -0.1) is 6.42 Å². The van der Waals surface area contributed by atoms with Crippen LogP contribution in [-0.4, -0.2) is 22.4 Å². The average molecular weight is 411 g/mol. The SMILES string of the molecule is C#Cc1ccc(CN2C(=O)N(c3ccc(C#N)c(C(F)(F)F)c3)C(=O)C2(C)C)cc1. The fourth-order valence-corrected chi connectivity index (χ4v) is 3.22. The highest BCUT2D eigenvalue weighted by Crippen LogP contribution is 2.38. The van der Waals surface area contributed by atoms with Crippen LogP contribution in [0.15, 0.2) is 42.5 Å². The van der Waals surface area contributed by atoms with Gasteiger partial charge in [0.1, 0.15) is 5.54 Å². The third-order valence-electron chi connectivity index (χ3n) is 4.97. The van der Waals surface area contributed by atoms with Gasteiger partial charge in [-0.05, 0) is 49.7 Å². The maximum atomic E-state index is 13.3. The van der Waals surface area contributed by atoms with Crippen molar-refractivity contribution in [2.75, 3.05) is 4.90 Å². The summed E-state index contributed by atoms with van der Waals surface area (Å²) in [5.74, 6) is 1.82. The zero-order valence-electron chi connectivity index (χ0n) is 16.1. The van der Waals surface area contributed by atoms with Crippen LogP contribution in [0.3, 0.4) is 0 Å². The van der Waals surface area contributed by atoms with E-state index < -0.39 is 34.8 Å². The third-order valence-corrected chi connectivity index (χ3v) is 4.97. The molecule has 0 N–H and O–H groups in total. The Bertz CT molecular complexity index is 1110. The summed E-state index contributed by atoms with van der Waals surface area (Å²) in [6.45, 7) is 3.12. The van der Waals surface area contributed by atoms with Gasteiger partial charge < -0.3 is 4.90 Å². The first-order valence-electron chi connectivity index (χ1n) is 8.83. The molecule has 3 amide bonds. The standard InChI is InChI=1S/C22H16F3N3O2/c1-4-14-5-7-15(8-6-14)13-27-20(30)28(19(29)21(27,2)3)17-10-9-16(12-26)18(11-17)22(23,24)25/h1,5-11H,13H2,2-3H3. The Labute approximate surface area is 171 Å². The zero-order valence-corrected chi connectivity index (χ0v) is 16.1. The van der Waals surface area contributed by atoms with Crippen LogP contribution in [0.1, 0.15) is 36.1 Å². The summed E-state index contributed by atoms with van der Waals surface area (Å²) in [6.07, 6.45) is 0.522. The molecule has 2 aromatic carbocycles. The highest BCUT2D eigenvalue weighted by Gasteiger charge is 2.52. The lowest BCUT2D eigenvalue weighted by molar-refractivity contribution is -0.137. The summed E-state index contributed by atoms with van der Waals surface area (Å²) in [4.78, 5) is 28.0. The summed E-state index contributed by atoms with van der Waals surface area (Å²) in [7, 11) is 0. The number of halogens is 3. The lowest BCUT2D eigenvalue weighted by atomic mass is 10.0. The highest BCUT2D eigenvalue weighted by molar-refractivity contribution is 6.23. The number of hydrogen-bond donors (Lipinski definition) is 0. The van der Waals surface area contributed by atoms with Crippen LogP contribution >= 0.6 is 0 Å². The molecule has 1 aliphatic rings. The lowest BCUT2D eigenvalue weighted by Crippen LogP contribution is -2.43. The van der Waals surface area contributed by atoms with E-state index in [-0.39, 0.29) is 12.2 Å². The number of amides is 3. The summed E-state index contributed by atoms with van der Waals surface area (Å²) < 4.78 is 39.9. The van der Waals surface area contributed by atoms with Crippen LogP contribution < -0.4 is 4.90 Å². The quantitative estimate of drug-likeness (QED) is 0.559. The van der Waals surface area contributed by atoms with Crippen molar-refractivity contribution in [3.8, 4) is 18.4 Å². The summed E-state index contributed by atoms with van der Waals surface area (Å²) >= 11 is 0. The Hall–Kier alpha value is -3.78. The third kappa shape index (κ3) is 3.48. The van der Waals surface area contributed by atoms with E-state index in [1.807, 2.05) is 0 Å². The Balaban J connectivity index is 2.00. The van der Waals surface area contributed by atoms with Gasteiger partial charge in [0, 0.05) is 12.1 Å². The molecule has 0 saturated carbocycles. The second-order valence-electron chi connectivity index (χ2n) is 7.25. The van der Waals surface area contributed by atoms with Crippen molar-refractivity contribution in [3.05, 3.63) is 64.7 Å². The molecular formula is C22H16F3N3O2. The number of nitrogens with zero attached hydrogens (tertiary/aromatic N) is 3. The van der Waals surface area contributed by atoms with E-state index in [1.54, 1.807) is 24.3 Å². The minimum Gasteiger partial charge on any atom is -0.305 e. The molecule has 0 aliphatic carbocycles. The van der Waals surface area contributed by atoms with Crippen LogP contribution in [0, 0.1) is 23.7 Å². The molecule has 0 atom stereocenters. The van der Waals surface area contributed by atoms with Crippen molar-refractivity contribution < 1.29 is 22.8 Å². The minimum atomic E-state index is -4.80. The predicted octanol–water partition coefficient (Wildman–Crippen LogP) is 4.31. The molecule has 0 bridgehead atoms. The van der Waals surface area contributed by atoms with E-state index in [4.69, 9.17) is 11.7 Å². The van der Waals surface area contributed by atoms with Crippen LogP contribution in [0.4, 0.5) is 23.7 Å². The topological polar surface area (TPSA) is 64.4 Å². The number of rotatable bonds is 3. The summed E-state index contributed by atoms with van der Waals surface area (Å²) in [5.41, 5.74) is -1.95. The Morgan fingerprint density at radius 2 is 1.73 bits per heavy atom. The summed E-state index contributed by atoms with van der Waals surface area (Å²) in [6, 6.07) is 10.3. The molecule has 0 radical (unpaired) electrons. The van der Waals surface area contributed by atoms with Crippen molar-refractivity contribution in [1.82, 2.24) is 4.90 Å². The van der Waals surface area contributed by atoms with E-state index in [1.165, 1.54) is 24.8 Å². The first-order chi connectivity index (χ1) is 14.0. The van der Waals surface area contributed by atoms with E-state index in [0.717, 1.165) is 12.1 Å². The zero-order chi connectivity index (χ0) is 22.3. The van der Waals surface area contributed by atoms with Crippen LogP contribution in [0.25, 0.3) is 0 Å². The first-order valence-corrected chi connectivity index (χ1v) is 8.83. The molecule has 0 unspecified atom stereocenters. The molecule has 1 heterocycles. The van der Waals surface area contributed by atoms with Gasteiger partial charge in [-0.25, -0.2) is 9.69 Å². The number of terminal acetylenes is 1. The van der Waals surface area contributed by atoms with Gasteiger partial charge in [0.2, 0.25) is 0 Å². The van der Waals surface area contributed by atoms with E-state index in [2.05, 4.69) is 5.92 Å². The normalized spacial score (nSPS) is 15.8. The number of nitriles is 1. The second kappa shape index (κ2) is 7.23. The minimum absolute atomic E-state index is 0.0708. The molecule has 0 aromatic heterocycles. The molecular weight excluding hydrogens is 395 g/mol. The lowest BCUT2D eigenvalue weighted by Gasteiger charge is -2.27.